The topological polar surface area (TPSA) is 328 Å². The number of non-ortho nitro benzene ring substituents is 1. The third-order valence-corrected chi connectivity index (χ3v) is 16.1. The fourth-order valence-corrected chi connectivity index (χ4v) is 11.2. The monoisotopic (exact) mass is 1260 g/mol. The average Bonchev–Trinajstić information content (AvgIpc) is 2.07. The van der Waals surface area contributed by atoms with E-state index in [1.807, 2.05) is 66.6 Å². The number of likely N-dealkylation sites (N-methyl/N-ethyl adjacent to an activating group) is 2. The van der Waals surface area contributed by atoms with Gasteiger partial charge in [0.2, 0.25) is 47.3 Å². The molecule has 1 aliphatic heterocycles. The van der Waals surface area contributed by atoms with Crippen LogP contribution in [0.1, 0.15) is 104 Å². The minimum Gasteiger partial charge on any atom is -0.445 e. The summed E-state index contributed by atoms with van der Waals surface area (Å²) < 4.78 is 23.4. The molecule has 7 N–H and O–H groups in total. The zero-order valence-electron chi connectivity index (χ0n) is 54.3. The number of carbonyl (C=O) groups is 9. The molecule has 496 valence electrons. The van der Waals surface area contributed by atoms with Gasteiger partial charge in [0.1, 0.15) is 38.1 Å². The summed E-state index contributed by atoms with van der Waals surface area (Å²) in [6.07, 6.45) is -1.65. The van der Waals surface area contributed by atoms with Gasteiger partial charge in [0.05, 0.1) is 66.7 Å². The summed E-state index contributed by atoms with van der Waals surface area (Å²) in [5.74, 6) is -5.37. The highest BCUT2D eigenvalue weighted by molar-refractivity contribution is 5.93. The zero-order valence-corrected chi connectivity index (χ0v) is 54.3. The van der Waals surface area contributed by atoms with Crippen molar-refractivity contribution >= 4 is 59.0 Å². The number of amides is 9. The van der Waals surface area contributed by atoms with Gasteiger partial charge in [-0.1, -0.05) is 116 Å². The molecule has 0 saturated carbocycles. The molecule has 0 radical (unpaired) electrons. The Balaban J connectivity index is 1.40. The summed E-state index contributed by atoms with van der Waals surface area (Å²) in [6, 6.07) is 18.7. The van der Waals surface area contributed by atoms with Crippen molar-refractivity contribution in [2.75, 3.05) is 68.3 Å². The number of benzene rings is 3. The summed E-state index contributed by atoms with van der Waals surface area (Å²) in [6.45, 7) is 13.3. The second-order valence-corrected chi connectivity index (χ2v) is 23.7. The third kappa shape index (κ3) is 22.8. The quantitative estimate of drug-likeness (QED) is 0.0248. The van der Waals surface area contributed by atoms with Gasteiger partial charge < -0.3 is 66.0 Å². The van der Waals surface area contributed by atoms with Crippen molar-refractivity contribution in [2.45, 2.75) is 149 Å². The number of carbonyl (C=O) groups excluding carboxylic acids is 9. The highest BCUT2D eigenvalue weighted by atomic mass is 16.6. The molecule has 26 nitrogen and oxygen atoms in total. The smallest absolute Gasteiger partial charge is 0.407 e. The molecule has 1 aliphatic rings. The Labute approximate surface area is 528 Å². The van der Waals surface area contributed by atoms with Crippen LogP contribution in [-0.4, -0.2) is 190 Å². The minimum atomic E-state index is -1.20. The lowest BCUT2D eigenvalue weighted by atomic mass is 9.89. The van der Waals surface area contributed by atoms with Crippen molar-refractivity contribution in [1.82, 2.24) is 51.9 Å². The van der Waals surface area contributed by atoms with Gasteiger partial charge in [-0.3, -0.25) is 53.4 Å². The molecule has 0 aromatic heterocycles. The maximum absolute atomic E-state index is 14.6. The Morgan fingerprint density at radius 2 is 1.29 bits per heavy atom. The molecule has 0 spiro atoms. The molecule has 4 rings (SSSR count). The largest absolute Gasteiger partial charge is 0.445 e. The van der Waals surface area contributed by atoms with Gasteiger partial charge in [0, 0.05) is 46.4 Å². The average molecular weight is 1260 g/mol. The highest BCUT2D eigenvalue weighted by Gasteiger charge is 2.44. The van der Waals surface area contributed by atoms with Gasteiger partial charge in [-0.15, -0.1) is 0 Å². The van der Waals surface area contributed by atoms with E-state index in [1.54, 1.807) is 85.3 Å². The number of ether oxygens (including phenoxy) is 4. The number of nitrogens with one attached hydrogen (secondary N) is 7. The van der Waals surface area contributed by atoms with Crippen molar-refractivity contribution in [3.05, 3.63) is 112 Å². The first kappa shape index (κ1) is 74.4. The lowest BCUT2D eigenvalue weighted by molar-refractivity contribution is -0.384. The zero-order chi connectivity index (χ0) is 66.8. The number of hydrogen-bond donors (Lipinski definition) is 7. The molecule has 90 heavy (non-hydrogen) atoms. The number of nitro benzene ring substituents is 1. The SMILES string of the molecule is CC[C@H](C)[C@@H]([C@@H](CC(=O)N1CCCC1C(OC)[C@@H](C)C(=O)N[C@H](C)[C@@H](OCNC(=O)CNC(=O)[C@H](Cc1ccccc1)NC(=O)CNC(=O)CNC(=O)OCc1ccccc1)c1ccc([N+](=O)[O-])cc1)OC)N(C)C(=O)[C@@H](NC(=O)[C@H](C(C)C)N(C)C)C(C)C. The van der Waals surface area contributed by atoms with Gasteiger partial charge in [0.25, 0.3) is 5.69 Å². The molecule has 3 aromatic rings. The van der Waals surface area contributed by atoms with Crippen molar-refractivity contribution < 1.29 is 67.0 Å². The molecule has 0 bridgehead atoms. The van der Waals surface area contributed by atoms with Crippen LogP contribution in [0.2, 0.25) is 0 Å². The van der Waals surface area contributed by atoms with Crippen LogP contribution >= 0.6 is 0 Å². The van der Waals surface area contributed by atoms with E-state index in [2.05, 4.69) is 37.2 Å². The van der Waals surface area contributed by atoms with Gasteiger partial charge in [-0.2, -0.15) is 0 Å². The molecule has 1 fully saturated rings. The van der Waals surface area contributed by atoms with Crippen molar-refractivity contribution in [2.24, 2.45) is 23.7 Å². The summed E-state index contributed by atoms with van der Waals surface area (Å²) in [4.78, 5) is 138. The summed E-state index contributed by atoms with van der Waals surface area (Å²) >= 11 is 0. The van der Waals surface area contributed by atoms with Crippen LogP contribution in [0.5, 0.6) is 0 Å². The van der Waals surface area contributed by atoms with Crippen molar-refractivity contribution in [3.63, 3.8) is 0 Å². The van der Waals surface area contributed by atoms with Crippen LogP contribution in [0.3, 0.4) is 0 Å². The number of rotatable bonds is 36. The van der Waals surface area contributed by atoms with E-state index in [9.17, 15) is 53.3 Å². The van der Waals surface area contributed by atoms with Crippen LogP contribution in [0.25, 0.3) is 0 Å². The summed E-state index contributed by atoms with van der Waals surface area (Å²) in [5, 5.41) is 30.0. The van der Waals surface area contributed by atoms with Crippen molar-refractivity contribution in [1.29, 1.82) is 0 Å². The van der Waals surface area contributed by atoms with Crippen molar-refractivity contribution in [3.8, 4) is 0 Å². The number of nitrogens with zero attached hydrogens (tertiary/aromatic N) is 4. The minimum absolute atomic E-state index is 0.0128. The third-order valence-electron chi connectivity index (χ3n) is 16.1. The lowest BCUT2D eigenvalue weighted by Crippen LogP contribution is -2.59. The van der Waals surface area contributed by atoms with E-state index in [0.717, 1.165) is 5.56 Å². The Morgan fingerprint density at radius 1 is 0.689 bits per heavy atom. The molecule has 11 atom stereocenters. The Bertz CT molecular complexity index is 2820. The second kappa shape index (κ2) is 37.2. The summed E-state index contributed by atoms with van der Waals surface area (Å²) in [5.41, 5.74) is 1.64. The predicted molar refractivity (Wildman–Crippen MR) is 335 cm³/mol. The van der Waals surface area contributed by atoms with Gasteiger partial charge >= 0.3 is 6.09 Å². The molecular formula is C64H95N11O15. The number of nitro groups is 1. The van der Waals surface area contributed by atoms with Gasteiger partial charge in [-0.05, 0) is 80.4 Å². The Morgan fingerprint density at radius 3 is 1.86 bits per heavy atom. The number of alkyl carbamates (subject to hydrolysis) is 1. The van der Waals surface area contributed by atoms with Crippen LogP contribution in [-0.2, 0) is 70.3 Å². The maximum Gasteiger partial charge on any atom is 0.407 e. The first-order chi connectivity index (χ1) is 42.7. The van der Waals surface area contributed by atoms with Crippen LogP contribution < -0.4 is 37.2 Å². The molecule has 9 amide bonds. The molecule has 1 saturated heterocycles. The van der Waals surface area contributed by atoms with Crippen LogP contribution in [0, 0.1) is 33.8 Å². The van der Waals surface area contributed by atoms with E-state index in [4.69, 9.17) is 18.9 Å². The lowest BCUT2D eigenvalue weighted by Gasteiger charge is -2.41. The van der Waals surface area contributed by atoms with Crippen LogP contribution in [0.15, 0.2) is 84.9 Å². The van der Waals surface area contributed by atoms with E-state index < -0.39 is 127 Å². The number of likely N-dealkylation sites (tertiary alicyclic amines) is 1. The van der Waals surface area contributed by atoms with E-state index in [1.165, 1.54) is 38.5 Å². The Kier molecular flexibility index (Phi) is 30.7. The normalized spacial score (nSPS) is 16.4. The molecule has 0 aliphatic carbocycles. The number of methoxy groups -OCH3 is 2. The number of hydrogen-bond acceptors (Lipinski definition) is 16. The van der Waals surface area contributed by atoms with E-state index >= 15 is 0 Å². The summed E-state index contributed by atoms with van der Waals surface area (Å²) in [7, 11) is 8.31. The highest BCUT2D eigenvalue weighted by Crippen LogP contribution is 2.31. The first-order valence-corrected chi connectivity index (χ1v) is 30.6. The van der Waals surface area contributed by atoms with E-state index in [-0.39, 0.29) is 60.6 Å². The first-order valence-electron chi connectivity index (χ1n) is 30.6. The fraction of sp³-hybridized carbons (Fsp3) is 0.578. The second-order valence-electron chi connectivity index (χ2n) is 23.7. The van der Waals surface area contributed by atoms with Gasteiger partial charge in [-0.25, -0.2) is 4.79 Å². The molecule has 26 heteroatoms. The molecule has 1 heterocycles. The van der Waals surface area contributed by atoms with E-state index in [0.29, 0.717) is 36.9 Å². The van der Waals surface area contributed by atoms with Gasteiger partial charge in [0.15, 0.2) is 0 Å². The molecule has 2 unspecified atom stereocenters. The molecule has 3 aromatic carbocycles. The predicted octanol–water partition coefficient (Wildman–Crippen LogP) is 3.76. The standard InChI is InChI=1S/C64H95N11O15/c1-14-41(6)57(73(11)63(83)55(39(2)3)71-62(82)56(40(4)5)72(9)10)50(87-12)33-54(79)74-31-21-26-49(74)58(88-13)42(7)60(80)69-43(8)59(46-27-29-47(30-28-46)75(85)86)90-38-68-52(77)34-66-61(81)48(32-44-22-17-15-18-23-44)70-53(78)36-65-51(76)35-67-64(84)89-37-45-24-19-16-20-25-45/h15-20,22-25,27-30,39-43,48-50,55-59H,14,21,26,31-38H2,1-13H3,(H,65,76)(H,66,81)(H,67,84)(H,68,77)(H,69,80)(H,70,78)(H,71,82)/t41-,42+,43+,48-,49?,50+,55-,56-,57-,58?,59+/m0/s1. The fourth-order valence-electron chi connectivity index (χ4n) is 11.2. The maximum atomic E-state index is 14.6. The van der Waals surface area contributed by atoms with Crippen LogP contribution in [0.4, 0.5) is 10.5 Å². The molecular weight excluding hydrogens is 1160 g/mol. The Hall–Kier alpha value is -8.07.